The van der Waals surface area contributed by atoms with E-state index in [1.807, 2.05) is 6.92 Å². The maximum atomic E-state index is 11.4. The van der Waals surface area contributed by atoms with E-state index in [1.165, 1.54) is 18.4 Å². The number of sulfonamides is 1. The Morgan fingerprint density at radius 1 is 1.60 bits per heavy atom. The fraction of sp³-hybridized carbons (Fsp3) is 0.875. The van der Waals surface area contributed by atoms with Gasteiger partial charge in [0, 0.05) is 26.7 Å². The summed E-state index contributed by atoms with van der Waals surface area (Å²) in [5, 5.41) is 6.06. The van der Waals surface area contributed by atoms with Gasteiger partial charge >= 0.3 is 0 Å². The van der Waals surface area contributed by atoms with Crippen LogP contribution in [-0.4, -0.2) is 57.7 Å². The first kappa shape index (κ1) is 12.3. The first-order valence-corrected chi connectivity index (χ1v) is 6.48. The monoisotopic (exact) mass is 234 g/mol. The van der Waals surface area contributed by atoms with Crippen LogP contribution in [0.4, 0.5) is 0 Å². The molecule has 0 aromatic carbocycles. The van der Waals surface area contributed by atoms with E-state index >= 15 is 0 Å². The van der Waals surface area contributed by atoms with Crippen LogP contribution in [0.1, 0.15) is 6.92 Å². The maximum Gasteiger partial charge on any atom is 0.215 e. The second kappa shape index (κ2) is 4.80. The number of guanidine groups is 1. The highest BCUT2D eigenvalue weighted by molar-refractivity contribution is 7.89. The molecule has 0 fully saturated rings. The molecule has 1 rings (SSSR count). The lowest BCUT2D eigenvalue weighted by molar-refractivity contribution is 0.520. The fourth-order valence-corrected chi connectivity index (χ4v) is 1.87. The van der Waals surface area contributed by atoms with E-state index in [0.717, 1.165) is 6.54 Å². The molecule has 88 valence electrons. The molecule has 0 amide bonds. The molecule has 1 aliphatic heterocycles. The minimum atomic E-state index is -3.12. The molecule has 0 bridgehead atoms. The smallest absolute Gasteiger partial charge is 0.215 e. The van der Waals surface area contributed by atoms with Crippen LogP contribution in [0.2, 0.25) is 0 Å². The molecular weight excluding hydrogens is 216 g/mol. The summed E-state index contributed by atoms with van der Waals surface area (Å²) in [4.78, 5) is 4.17. The van der Waals surface area contributed by atoms with Gasteiger partial charge in [-0.1, -0.05) is 0 Å². The quantitative estimate of drug-likeness (QED) is 0.642. The molecule has 0 saturated carbocycles. The Balaban J connectivity index is 2.28. The predicted molar refractivity (Wildman–Crippen MR) is 60.4 cm³/mol. The van der Waals surface area contributed by atoms with Gasteiger partial charge in [-0.3, -0.25) is 4.99 Å². The first-order chi connectivity index (χ1) is 6.92. The molecule has 1 heterocycles. The highest BCUT2D eigenvalue weighted by Gasteiger charge is 2.15. The lowest BCUT2D eigenvalue weighted by Gasteiger charge is -2.12. The van der Waals surface area contributed by atoms with E-state index in [0.29, 0.717) is 18.5 Å². The molecule has 7 heteroatoms. The number of nitrogens with one attached hydrogen (secondary N) is 2. The van der Waals surface area contributed by atoms with Crippen molar-refractivity contribution >= 4 is 16.0 Å². The fourth-order valence-electron chi connectivity index (χ4n) is 1.14. The Morgan fingerprint density at radius 2 is 2.27 bits per heavy atom. The Morgan fingerprint density at radius 3 is 2.73 bits per heavy atom. The van der Waals surface area contributed by atoms with E-state index in [4.69, 9.17) is 0 Å². The van der Waals surface area contributed by atoms with Crippen LogP contribution >= 0.6 is 0 Å². The molecule has 6 nitrogen and oxygen atoms in total. The summed E-state index contributed by atoms with van der Waals surface area (Å²) < 4.78 is 24.0. The lowest BCUT2D eigenvalue weighted by atomic mass is 10.4. The van der Waals surface area contributed by atoms with Gasteiger partial charge in [-0.05, 0) is 6.92 Å². The zero-order valence-electron chi connectivity index (χ0n) is 9.32. The van der Waals surface area contributed by atoms with E-state index in [2.05, 4.69) is 15.6 Å². The van der Waals surface area contributed by atoms with Crippen molar-refractivity contribution in [3.05, 3.63) is 0 Å². The van der Waals surface area contributed by atoms with Crippen molar-refractivity contribution in [1.29, 1.82) is 0 Å². The van der Waals surface area contributed by atoms with Gasteiger partial charge in [0.15, 0.2) is 5.96 Å². The number of rotatable bonds is 4. The van der Waals surface area contributed by atoms with Crippen LogP contribution in [0, 0.1) is 0 Å². The molecule has 15 heavy (non-hydrogen) atoms. The SMILES string of the molecule is CC1CN=C(NCCS(=O)(=O)N(C)C)N1. The number of hydrogen-bond donors (Lipinski definition) is 2. The molecule has 0 aliphatic carbocycles. The summed E-state index contributed by atoms with van der Waals surface area (Å²) in [6.07, 6.45) is 0. The van der Waals surface area contributed by atoms with Gasteiger partial charge in [0.2, 0.25) is 10.0 Å². The highest BCUT2D eigenvalue weighted by Crippen LogP contribution is 1.94. The molecular formula is C8H18N4O2S. The van der Waals surface area contributed by atoms with Gasteiger partial charge in [0.05, 0.1) is 12.3 Å². The van der Waals surface area contributed by atoms with Crippen LogP contribution in [0.25, 0.3) is 0 Å². The summed E-state index contributed by atoms with van der Waals surface area (Å²) in [5.74, 6) is 0.770. The van der Waals surface area contributed by atoms with Crippen LogP contribution in [0.3, 0.4) is 0 Å². The van der Waals surface area contributed by atoms with Crippen molar-refractivity contribution in [2.45, 2.75) is 13.0 Å². The summed E-state index contributed by atoms with van der Waals surface area (Å²) in [7, 11) is -0.0544. The van der Waals surface area contributed by atoms with Gasteiger partial charge in [-0.2, -0.15) is 0 Å². The topological polar surface area (TPSA) is 73.8 Å². The largest absolute Gasteiger partial charge is 0.355 e. The maximum absolute atomic E-state index is 11.4. The van der Waals surface area contributed by atoms with E-state index in [9.17, 15) is 8.42 Å². The van der Waals surface area contributed by atoms with E-state index < -0.39 is 10.0 Å². The first-order valence-electron chi connectivity index (χ1n) is 4.87. The summed E-state index contributed by atoms with van der Waals surface area (Å²) in [5.41, 5.74) is 0. The van der Waals surface area contributed by atoms with Crippen molar-refractivity contribution in [3.8, 4) is 0 Å². The molecule has 0 aromatic heterocycles. The number of aliphatic imine (C=N–C) groups is 1. The van der Waals surface area contributed by atoms with E-state index in [-0.39, 0.29) is 5.75 Å². The van der Waals surface area contributed by atoms with Gasteiger partial charge in [-0.25, -0.2) is 12.7 Å². The summed E-state index contributed by atoms with van der Waals surface area (Å²) >= 11 is 0. The lowest BCUT2D eigenvalue weighted by Crippen LogP contribution is -2.40. The average molecular weight is 234 g/mol. The second-order valence-corrected chi connectivity index (χ2v) is 6.06. The molecule has 1 aliphatic rings. The summed E-state index contributed by atoms with van der Waals surface area (Å²) in [6.45, 7) is 3.14. The number of nitrogens with zero attached hydrogens (tertiary/aromatic N) is 2. The molecule has 0 aromatic rings. The molecule has 0 spiro atoms. The van der Waals surface area contributed by atoms with Gasteiger partial charge in [-0.15, -0.1) is 0 Å². The van der Waals surface area contributed by atoms with Gasteiger partial charge < -0.3 is 10.6 Å². The van der Waals surface area contributed by atoms with Crippen molar-refractivity contribution < 1.29 is 8.42 Å². The van der Waals surface area contributed by atoms with Crippen LogP contribution in [-0.2, 0) is 10.0 Å². The van der Waals surface area contributed by atoms with Crippen molar-refractivity contribution in [3.63, 3.8) is 0 Å². The zero-order valence-corrected chi connectivity index (χ0v) is 10.1. The average Bonchev–Trinajstić information content (AvgIpc) is 2.51. The van der Waals surface area contributed by atoms with Crippen LogP contribution in [0.15, 0.2) is 4.99 Å². The molecule has 2 N–H and O–H groups in total. The predicted octanol–water partition coefficient (Wildman–Crippen LogP) is -1.18. The third-order valence-electron chi connectivity index (χ3n) is 2.12. The number of hydrogen-bond acceptors (Lipinski definition) is 5. The third-order valence-corrected chi connectivity index (χ3v) is 3.95. The summed E-state index contributed by atoms with van der Waals surface area (Å²) in [6, 6.07) is 0.331. The zero-order chi connectivity index (χ0) is 11.5. The molecule has 0 saturated heterocycles. The van der Waals surface area contributed by atoms with Gasteiger partial charge in [0.1, 0.15) is 0 Å². The standard InChI is InChI=1S/C8H18N4O2S/c1-7-6-10-8(11-7)9-4-5-15(13,14)12(2)3/h7H,4-6H2,1-3H3,(H2,9,10,11). The van der Waals surface area contributed by atoms with Crippen LogP contribution < -0.4 is 10.6 Å². The molecule has 1 unspecified atom stereocenters. The van der Waals surface area contributed by atoms with Crippen molar-refractivity contribution in [2.24, 2.45) is 4.99 Å². The van der Waals surface area contributed by atoms with Gasteiger partial charge in [0.25, 0.3) is 0 Å². The second-order valence-electron chi connectivity index (χ2n) is 3.76. The van der Waals surface area contributed by atoms with Crippen molar-refractivity contribution in [2.75, 3.05) is 32.9 Å². The minimum Gasteiger partial charge on any atom is -0.355 e. The Kier molecular flexibility index (Phi) is 3.92. The van der Waals surface area contributed by atoms with Crippen molar-refractivity contribution in [1.82, 2.24) is 14.9 Å². The van der Waals surface area contributed by atoms with Crippen LogP contribution in [0.5, 0.6) is 0 Å². The molecule has 0 radical (unpaired) electrons. The Hall–Kier alpha value is -0.820. The highest BCUT2D eigenvalue weighted by atomic mass is 32.2. The molecule has 1 atom stereocenters. The Bertz CT molecular complexity index is 337. The van der Waals surface area contributed by atoms with E-state index in [1.54, 1.807) is 0 Å². The normalized spacial score (nSPS) is 21.3. The third kappa shape index (κ3) is 3.67. The minimum absolute atomic E-state index is 0.0785. The Labute approximate surface area is 90.8 Å².